The summed E-state index contributed by atoms with van der Waals surface area (Å²) in [7, 11) is 0. The van der Waals surface area contributed by atoms with Gasteiger partial charge in [0.2, 0.25) is 11.4 Å². The average Bonchev–Trinajstić information content (AvgIpc) is 2.99. The maximum atomic E-state index is 14.0. The van der Waals surface area contributed by atoms with Crippen LogP contribution >= 0.6 is 0 Å². The van der Waals surface area contributed by atoms with Crippen molar-refractivity contribution < 1.29 is 58.8 Å². The van der Waals surface area contributed by atoms with Gasteiger partial charge in [-0.15, -0.1) is 0 Å². The number of carbonyl (C=O) groups excluding carboxylic acids is 7. The van der Waals surface area contributed by atoms with Crippen molar-refractivity contribution in [2.45, 2.75) is 11.2 Å². The summed E-state index contributed by atoms with van der Waals surface area (Å²) >= 11 is 0. The van der Waals surface area contributed by atoms with Crippen molar-refractivity contribution in [3.05, 3.63) is 57.7 Å². The second-order valence-corrected chi connectivity index (χ2v) is 9.25. The van der Waals surface area contributed by atoms with Gasteiger partial charge in [-0.25, -0.2) is 4.79 Å². The largest absolute Gasteiger partial charge is 0.504 e. The fourth-order valence-corrected chi connectivity index (χ4v) is 5.12. The average molecular weight is 562 g/mol. The third-order valence-corrected chi connectivity index (χ3v) is 7.13. The zero-order chi connectivity index (χ0) is 29.6. The number of hydrogen-bond donors (Lipinski definition) is 8. The van der Waals surface area contributed by atoms with Crippen molar-refractivity contribution in [1.29, 1.82) is 0 Å². The Morgan fingerprint density at radius 3 is 1.59 bits per heavy atom. The SMILES string of the molecule is O=C1NOC(=O)C23NC(=O)c4cc(c(c(O)c4O)C(=O)NC24NC(=O)c2c(cc1c(O)c2O)C=CC4=O)C=CC3=O. The summed E-state index contributed by atoms with van der Waals surface area (Å²) in [4.78, 5) is 100. The van der Waals surface area contributed by atoms with Gasteiger partial charge in [-0.2, -0.15) is 5.48 Å². The highest BCUT2D eigenvalue weighted by atomic mass is 16.7. The van der Waals surface area contributed by atoms with E-state index in [1.165, 1.54) is 0 Å². The van der Waals surface area contributed by atoms with Crippen LogP contribution in [-0.2, 0) is 19.2 Å². The molecular weight excluding hydrogens is 548 g/mol. The molecular formula is C25H14N4O12. The number of rotatable bonds is 0. The van der Waals surface area contributed by atoms with Gasteiger partial charge in [0.15, 0.2) is 28.8 Å². The smallest absolute Gasteiger partial charge is 0.370 e. The van der Waals surface area contributed by atoms with E-state index in [9.17, 15) is 54.0 Å². The lowest BCUT2D eigenvalue weighted by molar-refractivity contribution is -0.166. The van der Waals surface area contributed by atoms with Crippen molar-refractivity contribution in [2.24, 2.45) is 0 Å². The predicted molar refractivity (Wildman–Crippen MR) is 129 cm³/mol. The predicted octanol–water partition coefficient (Wildman–Crippen LogP) is -1.76. The molecule has 41 heavy (non-hydrogen) atoms. The summed E-state index contributed by atoms with van der Waals surface area (Å²) in [5, 5.41) is 48.2. The van der Waals surface area contributed by atoms with E-state index in [1.54, 1.807) is 5.48 Å². The Morgan fingerprint density at radius 2 is 1.05 bits per heavy atom. The number of hydroxylamine groups is 1. The quantitative estimate of drug-likeness (QED) is 0.131. The first-order valence-electron chi connectivity index (χ1n) is 11.5. The van der Waals surface area contributed by atoms with Crippen molar-refractivity contribution >= 4 is 53.3 Å². The van der Waals surface area contributed by atoms with Gasteiger partial charge in [0.1, 0.15) is 0 Å². The van der Waals surface area contributed by atoms with Crippen molar-refractivity contribution in [1.82, 2.24) is 21.4 Å². The molecule has 8 N–H and O–H groups in total. The molecule has 2 aromatic carbocycles. The monoisotopic (exact) mass is 562 g/mol. The molecule has 7 bridgehead atoms. The summed E-state index contributed by atoms with van der Waals surface area (Å²) in [5.41, 5.74) is -8.76. The number of benzene rings is 2. The molecule has 0 saturated heterocycles. The number of fused-ring (bicyclic) bond motifs is 4. The van der Waals surface area contributed by atoms with E-state index in [-0.39, 0.29) is 11.1 Å². The molecule has 0 aliphatic carbocycles. The Hall–Kier alpha value is -6.19. The zero-order valence-electron chi connectivity index (χ0n) is 20.0. The van der Waals surface area contributed by atoms with Crippen LogP contribution in [0.15, 0.2) is 24.3 Å². The van der Waals surface area contributed by atoms with E-state index in [0.717, 1.165) is 24.3 Å². The number of carbonyl (C=O) groups is 7. The minimum absolute atomic E-state index is 0.297. The van der Waals surface area contributed by atoms with Crippen LogP contribution in [0, 0.1) is 0 Å². The molecule has 0 saturated carbocycles. The Bertz CT molecular complexity index is 1810. The highest BCUT2D eigenvalue weighted by molar-refractivity contribution is 6.28. The fraction of sp³-hybridized carbons (Fsp3) is 0.0800. The van der Waals surface area contributed by atoms with Gasteiger partial charge in [0, 0.05) is 0 Å². The van der Waals surface area contributed by atoms with Crippen LogP contribution in [0.2, 0.25) is 0 Å². The molecule has 16 nitrogen and oxygen atoms in total. The summed E-state index contributed by atoms with van der Waals surface area (Å²) in [6.07, 6.45) is 3.08. The van der Waals surface area contributed by atoms with Crippen LogP contribution in [0.4, 0.5) is 0 Å². The summed E-state index contributed by atoms with van der Waals surface area (Å²) < 4.78 is 0. The molecule has 206 valence electrons. The van der Waals surface area contributed by atoms with E-state index < -0.39 is 97.6 Å². The Labute approximate surface area is 225 Å². The third kappa shape index (κ3) is 3.00. The third-order valence-electron chi connectivity index (χ3n) is 7.13. The van der Waals surface area contributed by atoms with Gasteiger partial charge in [0.05, 0.1) is 22.3 Å². The summed E-state index contributed by atoms with van der Waals surface area (Å²) in [6, 6.07) is 1.79. The number of nitrogens with one attached hydrogen (secondary N) is 4. The van der Waals surface area contributed by atoms with Gasteiger partial charge >= 0.3 is 5.97 Å². The first kappa shape index (κ1) is 25.1. The molecule has 2 spiro atoms. The highest BCUT2D eigenvalue weighted by Crippen LogP contribution is 2.42. The minimum atomic E-state index is -3.45. The van der Waals surface area contributed by atoms with Gasteiger partial charge < -0.3 is 41.2 Å². The number of aromatic hydroxyl groups is 4. The summed E-state index contributed by atoms with van der Waals surface area (Å²) in [6.45, 7) is 0. The lowest BCUT2D eigenvalue weighted by Gasteiger charge is -2.46. The second kappa shape index (κ2) is 7.92. The molecule has 0 aromatic heterocycles. The van der Waals surface area contributed by atoms with Crippen LogP contribution in [0.5, 0.6) is 23.0 Å². The standard InChI is InChI=1S/C25H14N4O12/c30-11-3-1-7-5-9-15(32)17(34)13(7)21(38)27-25-12(31)4-2-8-6-10(16(33)18(35)14(8)22(39)28-25)20(37)29-41-23(40)24(11,25)26-19(9)36/h1-6,32-35H,(H,26,36)(H,27,38)(H,28,39)(H,29,37). The summed E-state index contributed by atoms with van der Waals surface area (Å²) in [5.74, 6) is -15.1. The Balaban J connectivity index is 1.78. The topological polar surface area (TPSA) is 258 Å². The van der Waals surface area contributed by atoms with E-state index in [2.05, 4.69) is 0 Å². The van der Waals surface area contributed by atoms with Crippen LogP contribution < -0.4 is 21.4 Å². The van der Waals surface area contributed by atoms with Gasteiger partial charge in [-0.05, 0) is 35.4 Å². The number of ketones is 2. The minimum Gasteiger partial charge on any atom is -0.504 e. The molecule has 6 heterocycles. The van der Waals surface area contributed by atoms with Crippen molar-refractivity contribution in [3.8, 4) is 23.0 Å². The zero-order valence-corrected chi connectivity index (χ0v) is 20.0. The molecule has 6 aliphatic rings. The molecule has 0 fully saturated rings. The maximum absolute atomic E-state index is 14.0. The van der Waals surface area contributed by atoms with Gasteiger partial charge in [-0.3, -0.25) is 28.8 Å². The Morgan fingerprint density at radius 1 is 0.561 bits per heavy atom. The molecule has 2 atom stereocenters. The lowest BCUT2D eigenvalue weighted by Crippen LogP contribution is -2.86. The first-order chi connectivity index (χ1) is 19.3. The molecule has 2 aromatic rings. The van der Waals surface area contributed by atoms with Gasteiger partial charge in [0.25, 0.3) is 29.2 Å². The van der Waals surface area contributed by atoms with Crippen LogP contribution in [0.3, 0.4) is 0 Å². The van der Waals surface area contributed by atoms with Crippen LogP contribution in [-0.4, -0.2) is 72.8 Å². The first-order valence-corrected chi connectivity index (χ1v) is 11.5. The van der Waals surface area contributed by atoms with E-state index >= 15 is 0 Å². The number of hydrogen-bond acceptors (Lipinski definition) is 12. The number of phenolic OH excluding ortho intramolecular Hbond substituents is 4. The molecule has 2 unspecified atom stereocenters. The van der Waals surface area contributed by atoms with E-state index in [1.807, 2.05) is 16.0 Å². The van der Waals surface area contributed by atoms with Crippen LogP contribution in [0.25, 0.3) is 12.2 Å². The van der Waals surface area contributed by atoms with E-state index in [4.69, 9.17) is 4.84 Å². The van der Waals surface area contributed by atoms with E-state index in [0.29, 0.717) is 12.2 Å². The maximum Gasteiger partial charge on any atom is 0.370 e. The fourth-order valence-electron chi connectivity index (χ4n) is 5.12. The Kier molecular flexibility index (Phi) is 4.85. The lowest BCUT2D eigenvalue weighted by atomic mass is 9.74. The molecule has 4 amide bonds. The molecule has 0 radical (unpaired) electrons. The second-order valence-electron chi connectivity index (χ2n) is 9.25. The number of phenols is 4. The van der Waals surface area contributed by atoms with Gasteiger partial charge in [-0.1, -0.05) is 12.2 Å². The molecule has 16 heteroatoms. The van der Waals surface area contributed by atoms with Crippen molar-refractivity contribution in [2.75, 3.05) is 0 Å². The normalized spacial score (nSPS) is 24.3. The van der Waals surface area contributed by atoms with Crippen LogP contribution in [0.1, 0.15) is 52.6 Å². The van der Waals surface area contributed by atoms with Crippen molar-refractivity contribution in [3.63, 3.8) is 0 Å². The molecule has 6 aliphatic heterocycles. The number of amides is 4. The molecule has 8 rings (SSSR count). The highest BCUT2D eigenvalue weighted by Gasteiger charge is 2.70.